The first-order valence-corrected chi connectivity index (χ1v) is 5.51. The van der Waals surface area contributed by atoms with Crippen molar-refractivity contribution in [3.8, 4) is 5.75 Å². The van der Waals surface area contributed by atoms with Crippen molar-refractivity contribution in [3.63, 3.8) is 0 Å². The molecular formula is C13H17NO2. The lowest BCUT2D eigenvalue weighted by Crippen LogP contribution is -2.38. The van der Waals surface area contributed by atoms with Crippen LogP contribution in [0.15, 0.2) is 18.2 Å². The number of fused-ring (bicyclic) bond motifs is 1. The minimum absolute atomic E-state index is 0.0939. The summed E-state index contributed by atoms with van der Waals surface area (Å²) in [5, 5.41) is 2.94. The van der Waals surface area contributed by atoms with Gasteiger partial charge in [0.05, 0.1) is 12.5 Å². The number of carbonyl (C=O) groups excluding carboxylic acids is 1. The Morgan fingerprint density at radius 3 is 2.81 bits per heavy atom. The minimum atomic E-state index is -0.460. The number of carbonyl (C=O) groups is 1. The van der Waals surface area contributed by atoms with Crippen LogP contribution in [0.25, 0.3) is 0 Å². The van der Waals surface area contributed by atoms with E-state index in [9.17, 15) is 4.79 Å². The Bertz CT molecular complexity index is 424. The van der Waals surface area contributed by atoms with E-state index in [2.05, 4.69) is 5.32 Å². The number of methoxy groups -OCH3 is 1. The monoisotopic (exact) mass is 219 g/mol. The smallest absolute Gasteiger partial charge is 0.230 e. The molecule has 0 unspecified atom stereocenters. The second kappa shape index (κ2) is 3.81. The number of nitrogens with one attached hydrogen (secondary N) is 1. The van der Waals surface area contributed by atoms with E-state index in [-0.39, 0.29) is 5.91 Å². The van der Waals surface area contributed by atoms with Gasteiger partial charge in [-0.05, 0) is 43.5 Å². The van der Waals surface area contributed by atoms with Crippen LogP contribution in [0, 0.1) is 0 Å². The molecule has 1 aromatic rings. The molecule has 86 valence electrons. The standard InChI is InChI=1S/C13H17NO2/c1-13(2)11-5-4-10(16-3)8-9(11)6-7-14-12(13)15/h4-5,8H,6-7H2,1-3H3,(H,14,15). The van der Waals surface area contributed by atoms with Gasteiger partial charge in [-0.2, -0.15) is 0 Å². The van der Waals surface area contributed by atoms with Crippen LogP contribution in [-0.2, 0) is 16.6 Å². The maximum Gasteiger partial charge on any atom is 0.230 e. The third-order valence-corrected chi connectivity index (χ3v) is 3.23. The highest BCUT2D eigenvalue weighted by Crippen LogP contribution is 2.31. The number of hydrogen-bond acceptors (Lipinski definition) is 2. The molecule has 2 rings (SSSR count). The molecule has 0 radical (unpaired) electrons. The maximum absolute atomic E-state index is 11.9. The van der Waals surface area contributed by atoms with E-state index in [0.717, 1.165) is 17.7 Å². The number of rotatable bonds is 1. The summed E-state index contributed by atoms with van der Waals surface area (Å²) in [5.41, 5.74) is 1.84. The quantitative estimate of drug-likeness (QED) is 0.780. The van der Waals surface area contributed by atoms with Gasteiger partial charge < -0.3 is 10.1 Å². The minimum Gasteiger partial charge on any atom is -0.497 e. The van der Waals surface area contributed by atoms with E-state index in [1.165, 1.54) is 5.56 Å². The van der Waals surface area contributed by atoms with Crippen LogP contribution in [0.5, 0.6) is 5.75 Å². The molecule has 1 aromatic carbocycles. The average Bonchev–Trinajstić information content (AvgIpc) is 2.37. The van der Waals surface area contributed by atoms with Crippen molar-refractivity contribution in [2.45, 2.75) is 25.7 Å². The molecule has 16 heavy (non-hydrogen) atoms. The summed E-state index contributed by atoms with van der Waals surface area (Å²) < 4.78 is 5.21. The van der Waals surface area contributed by atoms with E-state index in [1.807, 2.05) is 32.0 Å². The summed E-state index contributed by atoms with van der Waals surface area (Å²) in [4.78, 5) is 11.9. The van der Waals surface area contributed by atoms with Gasteiger partial charge >= 0.3 is 0 Å². The highest BCUT2D eigenvalue weighted by Gasteiger charge is 2.33. The fourth-order valence-corrected chi connectivity index (χ4v) is 2.17. The van der Waals surface area contributed by atoms with E-state index < -0.39 is 5.41 Å². The molecule has 1 aliphatic rings. The molecule has 0 aromatic heterocycles. The maximum atomic E-state index is 11.9. The van der Waals surface area contributed by atoms with Gasteiger partial charge in [-0.3, -0.25) is 4.79 Å². The molecule has 0 atom stereocenters. The first kappa shape index (κ1) is 11.0. The summed E-state index contributed by atoms with van der Waals surface area (Å²) in [6.07, 6.45) is 0.863. The van der Waals surface area contributed by atoms with Crippen molar-refractivity contribution in [1.29, 1.82) is 0 Å². The third-order valence-electron chi connectivity index (χ3n) is 3.23. The van der Waals surface area contributed by atoms with Gasteiger partial charge in [0.2, 0.25) is 5.91 Å². The second-order valence-corrected chi connectivity index (χ2v) is 4.65. The molecule has 0 saturated carbocycles. The lowest BCUT2D eigenvalue weighted by atomic mass is 9.81. The topological polar surface area (TPSA) is 38.3 Å². The summed E-state index contributed by atoms with van der Waals surface area (Å²) >= 11 is 0. The molecule has 1 heterocycles. The zero-order valence-electron chi connectivity index (χ0n) is 9.96. The molecule has 3 nitrogen and oxygen atoms in total. The van der Waals surface area contributed by atoms with Crippen LogP contribution in [-0.4, -0.2) is 19.6 Å². The summed E-state index contributed by atoms with van der Waals surface area (Å²) in [6.45, 7) is 4.61. The van der Waals surface area contributed by atoms with Crippen molar-refractivity contribution in [3.05, 3.63) is 29.3 Å². The number of benzene rings is 1. The normalized spacial score (nSPS) is 18.3. The van der Waals surface area contributed by atoms with Crippen molar-refractivity contribution in [1.82, 2.24) is 5.32 Å². The molecule has 0 saturated heterocycles. The largest absolute Gasteiger partial charge is 0.497 e. The Kier molecular flexibility index (Phi) is 2.62. The van der Waals surface area contributed by atoms with Crippen LogP contribution in [0.4, 0.5) is 0 Å². The summed E-state index contributed by atoms with van der Waals surface area (Å²) in [7, 11) is 1.66. The molecular weight excluding hydrogens is 202 g/mol. The Morgan fingerprint density at radius 2 is 2.12 bits per heavy atom. The lowest BCUT2D eigenvalue weighted by Gasteiger charge is -2.23. The third kappa shape index (κ3) is 1.66. The van der Waals surface area contributed by atoms with E-state index in [4.69, 9.17) is 4.74 Å². The second-order valence-electron chi connectivity index (χ2n) is 4.65. The first-order chi connectivity index (χ1) is 7.55. The van der Waals surface area contributed by atoms with Gasteiger partial charge in [-0.1, -0.05) is 6.07 Å². The summed E-state index contributed by atoms with van der Waals surface area (Å²) in [5.74, 6) is 0.945. The molecule has 3 heteroatoms. The van der Waals surface area contributed by atoms with Crippen LogP contribution in [0.1, 0.15) is 25.0 Å². The fourth-order valence-electron chi connectivity index (χ4n) is 2.17. The Hall–Kier alpha value is -1.51. The van der Waals surface area contributed by atoms with Crippen molar-refractivity contribution in [2.75, 3.05) is 13.7 Å². The van der Waals surface area contributed by atoms with Gasteiger partial charge in [0.15, 0.2) is 0 Å². The molecule has 0 aliphatic carbocycles. The Morgan fingerprint density at radius 1 is 1.38 bits per heavy atom. The first-order valence-electron chi connectivity index (χ1n) is 5.51. The van der Waals surface area contributed by atoms with Gasteiger partial charge in [-0.15, -0.1) is 0 Å². The van der Waals surface area contributed by atoms with Crippen molar-refractivity contribution >= 4 is 5.91 Å². The predicted molar refractivity (Wildman–Crippen MR) is 62.7 cm³/mol. The Labute approximate surface area is 95.8 Å². The van der Waals surface area contributed by atoms with Gasteiger partial charge in [0.25, 0.3) is 0 Å². The molecule has 1 N–H and O–H groups in total. The highest BCUT2D eigenvalue weighted by atomic mass is 16.5. The molecule has 1 aliphatic heterocycles. The van der Waals surface area contributed by atoms with Gasteiger partial charge in [-0.25, -0.2) is 0 Å². The van der Waals surface area contributed by atoms with Gasteiger partial charge in [0.1, 0.15) is 5.75 Å². The van der Waals surface area contributed by atoms with E-state index >= 15 is 0 Å². The number of amides is 1. The van der Waals surface area contributed by atoms with Crippen LogP contribution in [0.2, 0.25) is 0 Å². The van der Waals surface area contributed by atoms with Crippen LogP contribution in [0.3, 0.4) is 0 Å². The molecule has 0 spiro atoms. The van der Waals surface area contributed by atoms with Crippen LogP contribution >= 0.6 is 0 Å². The zero-order valence-corrected chi connectivity index (χ0v) is 9.96. The molecule has 1 amide bonds. The SMILES string of the molecule is COc1ccc2c(c1)CCNC(=O)C2(C)C. The molecule has 0 bridgehead atoms. The van der Waals surface area contributed by atoms with Crippen molar-refractivity contribution in [2.24, 2.45) is 0 Å². The number of ether oxygens (including phenoxy) is 1. The Balaban J connectivity index is 2.53. The van der Waals surface area contributed by atoms with E-state index in [0.29, 0.717) is 6.54 Å². The van der Waals surface area contributed by atoms with Gasteiger partial charge in [0, 0.05) is 6.54 Å². The summed E-state index contributed by atoms with van der Waals surface area (Å²) in [6, 6.07) is 5.94. The predicted octanol–water partition coefficient (Wildman–Crippen LogP) is 1.65. The van der Waals surface area contributed by atoms with Crippen LogP contribution < -0.4 is 10.1 Å². The highest BCUT2D eigenvalue weighted by molar-refractivity contribution is 5.88. The lowest BCUT2D eigenvalue weighted by molar-refractivity contribution is -0.125. The zero-order chi connectivity index (χ0) is 11.8. The fraction of sp³-hybridized carbons (Fsp3) is 0.462. The van der Waals surface area contributed by atoms with E-state index in [1.54, 1.807) is 7.11 Å². The number of hydrogen-bond donors (Lipinski definition) is 1. The average molecular weight is 219 g/mol. The van der Waals surface area contributed by atoms with Crippen molar-refractivity contribution < 1.29 is 9.53 Å². The molecule has 0 fully saturated rings.